The highest BCUT2D eigenvalue weighted by atomic mass is 127. The van der Waals surface area contributed by atoms with Crippen LogP contribution in [-0.4, -0.2) is 16.6 Å². The molecular formula is C14H13IN2O2. The number of hydrogen-bond donors (Lipinski definition) is 0. The number of pyridine rings is 1. The van der Waals surface area contributed by atoms with E-state index in [1.807, 2.05) is 26.8 Å². The summed E-state index contributed by atoms with van der Waals surface area (Å²) >= 11 is 2.13. The Balaban J connectivity index is 2.35. The fourth-order valence-corrected chi connectivity index (χ4v) is 2.63. The molecule has 0 aliphatic heterocycles. The van der Waals surface area contributed by atoms with E-state index < -0.39 is 11.5 Å². The molecule has 2 rings (SSSR count). The molecule has 0 saturated heterocycles. The molecule has 1 aromatic rings. The van der Waals surface area contributed by atoms with Crippen molar-refractivity contribution in [3.63, 3.8) is 0 Å². The fraction of sp³-hybridized carbons (Fsp3) is 0.357. The molecule has 0 bridgehead atoms. The first-order chi connectivity index (χ1) is 8.81. The molecule has 1 atom stereocenters. The molecule has 19 heavy (non-hydrogen) atoms. The first-order valence-electron chi connectivity index (χ1n) is 5.81. The van der Waals surface area contributed by atoms with Crippen molar-refractivity contribution in [3.8, 4) is 0 Å². The zero-order valence-electron chi connectivity index (χ0n) is 10.9. The molecule has 1 aliphatic rings. The molecule has 0 saturated carbocycles. The van der Waals surface area contributed by atoms with Crippen molar-refractivity contribution in [2.75, 3.05) is 0 Å². The van der Waals surface area contributed by atoms with Gasteiger partial charge < -0.3 is 9.58 Å². The first kappa shape index (κ1) is 14.0. The molecule has 0 radical (unpaired) electrons. The van der Waals surface area contributed by atoms with Gasteiger partial charge in [0.25, 0.3) is 5.82 Å². The molecule has 1 heterocycles. The minimum Gasteiger partial charge on any atom is -0.459 e. The third-order valence-electron chi connectivity index (χ3n) is 2.56. The van der Waals surface area contributed by atoms with E-state index in [1.54, 1.807) is 12.1 Å². The SMILES string of the molecule is [C-]#[N+]c1ccc2c(n1)C(I)=CC2C(=O)OC(C)(C)C. The van der Waals surface area contributed by atoms with Crippen molar-refractivity contribution in [1.82, 2.24) is 4.98 Å². The van der Waals surface area contributed by atoms with Gasteiger partial charge in [-0.05, 0) is 55.5 Å². The van der Waals surface area contributed by atoms with E-state index in [0.29, 0.717) is 11.5 Å². The summed E-state index contributed by atoms with van der Waals surface area (Å²) in [7, 11) is 0. The van der Waals surface area contributed by atoms with Gasteiger partial charge in [-0.3, -0.25) is 4.79 Å². The lowest BCUT2D eigenvalue weighted by atomic mass is 10.0. The van der Waals surface area contributed by atoms with Crippen LogP contribution in [0.4, 0.5) is 5.82 Å². The highest BCUT2D eigenvalue weighted by Gasteiger charge is 2.34. The van der Waals surface area contributed by atoms with Crippen LogP contribution in [0.1, 0.15) is 37.9 Å². The highest BCUT2D eigenvalue weighted by molar-refractivity contribution is 14.1. The van der Waals surface area contributed by atoms with Crippen LogP contribution in [0.2, 0.25) is 0 Å². The van der Waals surface area contributed by atoms with Gasteiger partial charge in [0.05, 0.1) is 3.58 Å². The van der Waals surface area contributed by atoms with Gasteiger partial charge in [0, 0.05) is 5.56 Å². The molecular weight excluding hydrogens is 355 g/mol. The summed E-state index contributed by atoms with van der Waals surface area (Å²) in [6.07, 6.45) is 1.83. The fourth-order valence-electron chi connectivity index (χ4n) is 1.84. The normalized spacial score (nSPS) is 17.4. The largest absolute Gasteiger partial charge is 0.459 e. The Labute approximate surface area is 125 Å². The van der Waals surface area contributed by atoms with Crippen molar-refractivity contribution in [2.45, 2.75) is 32.3 Å². The summed E-state index contributed by atoms with van der Waals surface area (Å²) < 4.78 is 6.29. The Morgan fingerprint density at radius 2 is 2.16 bits per heavy atom. The Morgan fingerprint density at radius 3 is 2.74 bits per heavy atom. The number of rotatable bonds is 1. The van der Waals surface area contributed by atoms with Gasteiger partial charge in [-0.1, -0.05) is 12.6 Å². The van der Waals surface area contributed by atoms with Crippen LogP contribution in [0.5, 0.6) is 0 Å². The van der Waals surface area contributed by atoms with Crippen LogP contribution >= 0.6 is 22.6 Å². The smallest absolute Gasteiger partial charge is 0.318 e. The number of fused-ring (bicyclic) bond motifs is 1. The first-order valence-corrected chi connectivity index (χ1v) is 6.88. The monoisotopic (exact) mass is 368 g/mol. The maximum Gasteiger partial charge on any atom is 0.318 e. The summed E-state index contributed by atoms with van der Waals surface area (Å²) in [6, 6.07) is 3.42. The summed E-state index contributed by atoms with van der Waals surface area (Å²) in [5.41, 5.74) is 1.01. The number of carbonyl (C=O) groups is 1. The van der Waals surface area contributed by atoms with Gasteiger partial charge in [-0.2, -0.15) is 0 Å². The van der Waals surface area contributed by atoms with E-state index in [2.05, 4.69) is 32.4 Å². The minimum absolute atomic E-state index is 0.280. The maximum absolute atomic E-state index is 12.2. The van der Waals surface area contributed by atoms with Crippen LogP contribution in [0.25, 0.3) is 8.42 Å². The van der Waals surface area contributed by atoms with E-state index >= 15 is 0 Å². The van der Waals surface area contributed by atoms with Crippen LogP contribution < -0.4 is 0 Å². The molecule has 0 N–H and O–H groups in total. The summed E-state index contributed by atoms with van der Waals surface area (Å²) in [5.74, 6) is -0.364. The molecule has 0 spiro atoms. The quantitative estimate of drug-likeness (QED) is 0.430. The van der Waals surface area contributed by atoms with E-state index in [9.17, 15) is 4.79 Å². The molecule has 0 fully saturated rings. The Morgan fingerprint density at radius 1 is 1.47 bits per heavy atom. The van der Waals surface area contributed by atoms with Crippen molar-refractivity contribution < 1.29 is 9.53 Å². The predicted molar refractivity (Wildman–Crippen MR) is 81.1 cm³/mol. The van der Waals surface area contributed by atoms with Gasteiger partial charge in [-0.25, -0.2) is 0 Å². The molecule has 1 unspecified atom stereocenters. The van der Waals surface area contributed by atoms with Crippen LogP contribution in [0.3, 0.4) is 0 Å². The van der Waals surface area contributed by atoms with Gasteiger partial charge in [0.1, 0.15) is 11.5 Å². The number of aromatic nitrogens is 1. The lowest BCUT2D eigenvalue weighted by Gasteiger charge is -2.21. The van der Waals surface area contributed by atoms with Crippen molar-refractivity contribution in [1.29, 1.82) is 0 Å². The van der Waals surface area contributed by atoms with Gasteiger partial charge in [0.15, 0.2) is 5.69 Å². The van der Waals surface area contributed by atoms with E-state index in [4.69, 9.17) is 11.3 Å². The Hall–Kier alpha value is -1.42. The number of esters is 1. The van der Waals surface area contributed by atoms with Gasteiger partial charge >= 0.3 is 5.97 Å². The van der Waals surface area contributed by atoms with E-state index in [1.165, 1.54) is 0 Å². The van der Waals surface area contributed by atoms with Crippen molar-refractivity contribution in [3.05, 3.63) is 40.9 Å². The average molecular weight is 368 g/mol. The Bertz CT molecular complexity index is 609. The number of hydrogen-bond acceptors (Lipinski definition) is 3. The highest BCUT2D eigenvalue weighted by Crippen LogP contribution is 2.40. The van der Waals surface area contributed by atoms with E-state index in [0.717, 1.165) is 9.14 Å². The summed E-state index contributed by atoms with van der Waals surface area (Å²) in [4.78, 5) is 19.7. The number of nitrogens with zero attached hydrogens (tertiary/aromatic N) is 2. The zero-order valence-corrected chi connectivity index (χ0v) is 13.1. The molecule has 98 valence electrons. The van der Waals surface area contributed by atoms with Gasteiger partial charge in [0.2, 0.25) is 0 Å². The zero-order chi connectivity index (χ0) is 14.2. The van der Waals surface area contributed by atoms with Crippen LogP contribution in [0.15, 0.2) is 18.2 Å². The van der Waals surface area contributed by atoms with E-state index in [-0.39, 0.29) is 5.97 Å². The second-order valence-electron chi connectivity index (χ2n) is 5.24. The molecule has 4 nitrogen and oxygen atoms in total. The third-order valence-corrected chi connectivity index (χ3v) is 3.43. The second-order valence-corrected chi connectivity index (χ2v) is 6.41. The predicted octanol–water partition coefficient (Wildman–Crippen LogP) is 3.85. The topological polar surface area (TPSA) is 43.5 Å². The number of halogens is 1. The lowest BCUT2D eigenvalue weighted by molar-refractivity contribution is -0.155. The molecule has 5 heteroatoms. The molecule has 0 amide bonds. The van der Waals surface area contributed by atoms with Gasteiger partial charge in [-0.15, -0.1) is 4.98 Å². The standard InChI is InChI=1S/C14H13IN2O2/c1-14(2,3)19-13(18)9-7-10(15)12-8(9)5-6-11(16-4)17-12/h5-7,9H,1-3H3. The summed E-state index contributed by atoms with van der Waals surface area (Å²) in [6.45, 7) is 12.5. The third kappa shape index (κ3) is 2.95. The maximum atomic E-state index is 12.2. The Kier molecular flexibility index (Phi) is 3.63. The summed E-state index contributed by atoms with van der Waals surface area (Å²) in [5, 5.41) is 0. The molecule has 1 aliphatic carbocycles. The van der Waals surface area contributed by atoms with Crippen molar-refractivity contribution in [2.24, 2.45) is 0 Å². The van der Waals surface area contributed by atoms with Crippen LogP contribution in [-0.2, 0) is 9.53 Å². The average Bonchev–Trinajstić information content (AvgIpc) is 2.64. The second kappa shape index (κ2) is 4.93. The molecule has 0 aromatic carbocycles. The molecule has 1 aromatic heterocycles. The van der Waals surface area contributed by atoms with Crippen molar-refractivity contribution >= 4 is 38.0 Å². The lowest BCUT2D eigenvalue weighted by Crippen LogP contribution is -2.26. The number of carbonyl (C=O) groups excluding carboxylic acids is 1. The number of ether oxygens (including phenoxy) is 1. The minimum atomic E-state index is -0.511. The van der Waals surface area contributed by atoms with Crippen LogP contribution in [0, 0.1) is 6.57 Å².